The molecular weight excluding hydrogens is 352 g/mol. The van der Waals surface area contributed by atoms with Crippen molar-refractivity contribution in [3.63, 3.8) is 0 Å². The van der Waals surface area contributed by atoms with Gasteiger partial charge in [0.2, 0.25) is 5.91 Å². The molecule has 0 bridgehead atoms. The van der Waals surface area contributed by atoms with E-state index in [2.05, 4.69) is 52.0 Å². The third-order valence-electron chi connectivity index (χ3n) is 6.26. The molecule has 0 saturated carbocycles. The zero-order valence-electron chi connectivity index (χ0n) is 16.4. The fourth-order valence-corrected chi connectivity index (χ4v) is 5.80. The van der Waals surface area contributed by atoms with Gasteiger partial charge in [-0.2, -0.15) is 0 Å². The zero-order chi connectivity index (χ0) is 18.9. The van der Waals surface area contributed by atoms with E-state index in [1.807, 2.05) is 25.2 Å². The van der Waals surface area contributed by atoms with Crippen molar-refractivity contribution in [3.8, 4) is 0 Å². The number of carbonyl (C=O) groups excluding carboxylic acids is 1. The van der Waals surface area contributed by atoms with Gasteiger partial charge in [0, 0.05) is 23.9 Å². The largest absolute Gasteiger partial charge is 0.354 e. The first-order valence-electron chi connectivity index (χ1n) is 10.2. The Morgan fingerprint density at radius 3 is 2.70 bits per heavy atom. The Morgan fingerprint density at radius 2 is 2.00 bits per heavy atom. The van der Waals surface area contributed by atoms with Crippen LogP contribution in [-0.4, -0.2) is 29.9 Å². The van der Waals surface area contributed by atoms with Gasteiger partial charge < -0.3 is 5.32 Å². The Morgan fingerprint density at radius 1 is 1.22 bits per heavy atom. The molecule has 144 valence electrons. The highest BCUT2D eigenvalue weighted by Gasteiger charge is 2.45. The fraction of sp³-hybridized carbons (Fsp3) is 0.522. The van der Waals surface area contributed by atoms with E-state index in [9.17, 15) is 4.79 Å². The van der Waals surface area contributed by atoms with Gasteiger partial charge in [0.1, 0.15) is 0 Å². The lowest BCUT2D eigenvalue weighted by Gasteiger charge is -2.40. The summed E-state index contributed by atoms with van der Waals surface area (Å²) in [5.74, 6) is 0.556. The molecule has 1 aliphatic carbocycles. The lowest BCUT2D eigenvalue weighted by molar-refractivity contribution is -0.122. The topological polar surface area (TPSA) is 32.3 Å². The molecule has 1 unspecified atom stereocenters. The molecule has 1 fully saturated rings. The molecule has 1 aromatic carbocycles. The number of fused-ring (bicyclic) bond motifs is 2. The molecule has 2 heterocycles. The minimum atomic E-state index is 0.192. The second-order valence-corrected chi connectivity index (χ2v) is 9.58. The molecule has 1 N–H and O–H groups in total. The van der Waals surface area contributed by atoms with E-state index in [4.69, 9.17) is 0 Å². The number of hydrogen-bond acceptors (Lipinski definition) is 3. The second-order valence-electron chi connectivity index (χ2n) is 8.55. The van der Waals surface area contributed by atoms with Gasteiger partial charge >= 0.3 is 0 Å². The summed E-state index contributed by atoms with van der Waals surface area (Å²) in [6, 6.07) is 13.5. The molecule has 3 nitrogen and oxygen atoms in total. The number of rotatable bonds is 5. The Bertz CT molecular complexity index is 775. The molecule has 4 heteroatoms. The summed E-state index contributed by atoms with van der Waals surface area (Å²) in [4.78, 5) is 16.5. The van der Waals surface area contributed by atoms with E-state index in [0.29, 0.717) is 12.3 Å². The molecular formula is C23H30N2OS. The van der Waals surface area contributed by atoms with Crippen LogP contribution in [0, 0.1) is 0 Å². The first-order valence-corrected chi connectivity index (χ1v) is 11.1. The van der Waals surface area contributed by atoms with Gasteiger partial charge in [0.15, 0.2) is 0 Å². The maximum Gasteiger partial charge on any atom is 0.220 e. The van der Waals surface area contributed by atoms with E-state index in [0.717, 1.165) is 26.1 Å². The number of amides is 1. The van der Waals surface area contributed by atoms with Crippen molar-refractivity contribution < 1.29 is 4.79 Å². The molecule has 1 atom stereocenters. The first kappa shape index (κ1) is 18.7. The first-order chi connectivity index (χ1) is 13.1. The van der Waals surface area contributed by atoms with Crippen molar-refractivity contribution in [2.75, 3.05) is 13.1 Å². The highest BCUT2D eigenvalue weighted by atomic mass is 32.1. The van der Waals surface area contributed by atoms with Crippen molar-refractivity contribution in [2.45, 2.75) is 63.5 Å². The van der Waals surface area contributed by atoms with E-state index in [1.54, 1.807) is 0 Å². The second kappa shape index (κ2) is 7.76. The van der Waals surface area contributed by atoms with Gasteiger partial charge in [-0.3, -0.25) is 9.69 Å². The van der Waals surface area contributed by atoms with Crippen LogP contribution in [0.3, 0.4) is 0 Å². The molecule has 1 amide bonds. The average Bonchev–Trinajstić information content (AvgIpc) is 3.24. The van der Waals surface area contributed by atoms with E-state index >= 15 is 0 Å². The maximum atomic E-state index is 12.4. The van der Waals surface area contributed by atoms with Crippen LogP contribution in [-0.2, 0) is 16.8 Å². The molecule has 1 saturated heterocycles. The van der Waals surface area contributed by atoms with Crippen LogP contribution in [0.15, 0.2) is 41.8 Å². The van der Waals surface area contributed by atoms with Crippen LogP contribution in [0.25, 0.3) is 0 Å². The van der Waals surface area contributed by atoms with Crippen molar-refractivity contribution in [1.82, 2.24) is 10.2 Å². The van der Waals surface area contributed by atoms with E-state index in [1.165, 1.54) is 28.8 Å². The molecule has 1 aromatic heterocycles. The summed E-state index contributed by atoms with van der Waals surface area (Å²) < 4.78 is 0. The number of nitrogens with zero attached hydrogens (tertiary/aromatic N) is 1. The van der Waals surface area contributed by atoms with Gasteiger partial charge in [-0.15, -0.1) is 11.3 Å². The van der Waals surface area contributed by atoms with Crippen molar-refractivity contribution >= 4 is 17.2 Å². The Kier molecular flexibility index (Phi) is 5.38. The molecule has 2 aromatic rings. The van der Waals surface area contributed by atoms with Gasteiger partial charge in [-0.25, -0.2) is 0 Å². The number of likely N-dealkylation sites (tertiary alicyclic amines) is 1. The van der Waals surface area contributed by atoms with Crippen molar-refractivity contribution in [2.24, 2.45) is 0 Å². The number of hydrogen-bond donors (Lipinski definition) is 1. The molecule has 4 rings (SSSR count). The number of piperidine rings is 1. The van der Waals surface area contributed by atoms with E-state index < -0.39 is 0 Å². The number of thiophene rings is 1. The predicted octanol–water partition coefficient (Wildman–Crippen LogP) is 4.68. The van der Waals surface area contributed by atoms with Crippen LogP contribution in [0.4, 0.5) is 0 Å². The summed E-state index contributed by atoms with van der Waals surface area (Å²) in [5.41, 5.74) is 3.21. The maximum absolute atomic E-state index is 12.4. The van der Waals surface area contributed by atoms with Crippen LogP contribution in [0.2, 0.25) is 0 Å². The van der Waals surface area contributed by atoms with Gasteiger partial charge in [0.05, 0.1) is 0 Å². The summed E-state index contributed by atoms with van der Waals surface area (Å²) >= 11 is 1.85. The minimum absolute atomic E-state index is 0.192. The Labute approximate surface area is 166 Å². The summed E-state index contributed by atoms with van der Waals surface area (Å²) in [6.07, 6.45) is 4.16. The van der Waals surface area contributed by atoms with Gasteiger partial charge in [-0.1, -0.05) is 30.3 Å². The van der Waals surface area contributed by atoms with Gasteiger partial charge in [0.25, 0.3) is 0 Å². The molecule has 1 aliphatic heterocycles. The van der Waals surface area contributed by atoms with Crippen LogP contribution < -0.4 is 5.32 Å². The highest BCUT2D eigenvalue weighted by molar-refractivity contribution is 7.09. The lowest BCUT2D eigenvalue weighted by Crippen LogP contribution is -2.41. The summed E-state index contributed by atoms with van der Waals surface area (Å²) in [6.45, 7) is 7.44. The number of benzene rings is 1. The molecule has 27 heavy (non-hydrogen) atoms. The number of nitrogens with one attached hydrogen (secondary N) is 1. The van der Waals surface area contributed by atoms with Gasteiger partial charge in [-0.05, 0) is 80.1 Å². The Balaban J connectivity index is 1.46. The minimum Gasteiger partial charge on any atom is -0.354 e. The average molecular weight is 383 g/mol. The Hall–Kier alpha value is -1.65. The lowest BCUT2D eigenvalue weighted by atomic mass is 9.73. The fourth-order valence-electron chi connectivity index (χ4n) is 5.05. The molecule has 0 radical (unpaired) electrons. The van der Waals surface area contributed by atoms with Crippen LogP contribution in [0.1, 0.15) is 61.5 Å². The predicted molar refractivity (Wildman–Crippen MR) is 112 cm³/mol. The SMILES string of the molecule is CC(C)NC(=O)CC1CC2(CCN(Cc3cccs3)CC2)c2ccccc21. The summed E-state index contributed by atoms with van der Waals surface area (Å²) in [5, 5.41) is 5.25. The van der Waals surface area contributed by atoms with Crippen molar-refractivity contribution in [1.29, 1.82) is 0 Å². The standard InChI is InChI=1S/C23H30N2OS/c1-17(2)24-22(26)14-18-15-23(21-8-4-3-7-20(18)21)9-11-25(12-10-23)16-19-6-5-13-27-19/h3-8,13,17-18H,9-12,14-16H2,1-2H3,(H,24,26). The summed E-state index contributed by atoms with van der Waals surface area (Å²) in [7, 11) is 0. The van der Waals surface area contributed by atoms with Crippen molar-refractivity contribution in [3.05, 3.63) is 57.8 Å². The molecule has 1 spiro atoms. The zero-order valence-corrected chi connectivity index (χ0v) is 17.2. The molecule has 2 aliphatic rings. The highest BCUT2D eigenvalue weighted by Crippen LogP contribution is 2.52. The number of carbonyl (C=O) groups is 1. The normalized spacial score (nSPS) is 21.5. The third kappa shape index (κ3) is 3.97. The smallest absolute Gasteiger partial charge is 0.220 e. The third-order valence-corrected chi connectivity index (χ3v) is 7.12. The van der Waals surface area contributed by atoms with E-state index in [-0.39, 0.29) is 17.4 Å². The quantitative estimate of drug-likeness (QED) is 0.814. The monoisotopic (exact) mass is 382 g/mol. The van der Waals surface area contributed by atoms with Crippen LogP contribution in [0.5, 0.6) is 0 Å². The van der Waals surface area contributed by atoms with Crippen LogP contribution >= 0.6 is 11.3 Å².